The molecular weight excluding hydrogens is 619 g/mol. The van der Waals surface area contributed by atoms with Crippen LogP contribution in [0.25, 0.3) is 71.9 Å². The van der Waals surface area contributed by atoms with Crippen LogP contribution in [0.15, 0.2) is 164 Å². The first-order chi connectivity index (χ1) is 25.1. The number of benzene rings is 8. The largest absolute Gasteiger partial charge is 0.306 e. The Hall–Kier alpha value is -6.45. The quantitative estimate of drug-likeness (QED) is 0.177. The number of para-hydroxylation sites is 4. The second-order valence-corrected chi connectivity index (χ2v) is 14.3. The highest BCUT2D eigenvalue weighted by atomic mass is 15.2. The number of nitrogens with zero attached hydrogens (tertiary/aromatic N) is 3. The molecule has 3 heteroatoms. The minimum Gasteiger partial charge on any atom is -0.306 e. The van der Waals surface area contributed by atoms with E-state index in [4.69, 9.17) is 4.98 Å². The monoisotopic (exact) mass is 651 g/mol. The molecule has 0 saturated heterocycles. The SMILES string of the molecule is CC1(C)c2ccccc2-c2ccc(-c3c4ccccc4c(-c4nc5cccc6c5n4-c4ccccc4N6c4ccccc4)c4ccccc34)cc21. The van der Waals surface area contributed by atoms with Crippen LogP contribution >= 0.6 is 0 Å². The maximum absolute atomic E-state index is 5.51. The van der Waals surface area contributed by atoms with Crippen molar-refractivity contribution in [2.45, 2.75) is 19.3 Å². The molecule has 0 unspecified atom stereocenters. The molecular formula is C48H33N3. The van der Waals surface area contributed by atoms with Crippen molar-refractivity contribution in [3.05, 3.63) is 175 Å². The van der Waals surface area contributed by atoms with E-state index in [2.05, 4.69) is 187 Å². The molecule has 1 aromatic heterocycles. The fourth-order valence-corrected chi connectivity index (χ4v) is 9.06. The number of imidazole rings is 1. The van der Waals surface area contributed by atoms with Gasteiger partial charge in [-0.3, -0.25) is 4.57 Å². The average molecular weight is 652 g/mol. The van der Waals surface area contributed by atoms with Crippen molar-refractivity contribution >= 4 is 49.6 Å². The van der Waals surface area contributed by atoms with Gasteiger partial charge in [0.15, 0.2) is 0 Å². The molecule has 0 bridgehead atoms. The summed E-state index contributed by atoms with van der Waals surface area (Å²) in [5, 5.41) is 4.86. The van der Waals surface area contributed by atoms with Crippen LogP contribution in [0.1, 0.15) is 25.0 Å². The molecule has 51 heavy (non-hydrogen) atoms. The number of hydrogen-bond donors (Lipinski definition) is 0. The van der Waals surface area contributed by atoms with Gasteiger partial charge < -0.3 is 4.90 Å². The number of fused-ring (bicyclic) bond motifs is 7. The first kappa shape index (κ1) is 28.4. The summed E-state index contributed by atoms with van der Waals surface area (Å²) in [4.78, 5) is 7.88. The maximum Gasteiger partial charge on any atom is 0.147 e. The Balaban J connectivity index is 1.22. The summed E-state index contributed by atoms with van der Waals surface area (Å²) < 4.78 is 2.41. The normalized spacial score (nSPS) is 13.8. The molecule has 0 saturated carbocycles. The van der Waals surface area contributed by atoms with Gasteiger partial charge in [0.25, 0.3) is 0 Å². The second-order valence-electron chi connectivity index (χ2n) is 14.3. The molecule has 2 aliphatic rings. The molecule has 0 atom stereocenters. The molecule has 8 aromatic carbocycles. The van der Waals surface area contributed by atoms with E-state index in [0.717, 1.165) is 45.2 Å². The predicted molar refractivity (Wildman–Crippen MR) is 213 cm³/mol. The molecule has 2 heterocycles. The van der Waals surface area contributed by atoms with Crippen LogP contribution in [0.2, 0.25) is 0 Å². The van der Waals surface area contributed by atoms with Gasteiger partial charge in [-0.15, -0.1) is 0 Å². The summed E-state index contributed by atoms with van der Waals surface area (Å²) in [5.74, 6) is 0.960. The number of rotatable bonds is 3. The summed E-state index contributed by atoms with van der Waals surface area (Å²) in [6, 6.07) is 59.7. The molecule has 0 N–H and O–H groups in total. The van der Waals surface area contributed by atoms with Gasteiger partial charge in [0.1, 0.15) is 5.82 Å². The zero-order valence-electron chi connectivity index (χ0n) is 28.4. The zero-order chi connectivity index (χ0) is 33.8. The van der Waals surface area contributed by atoms with Crippen LogP contribution in [0, 0.1) is 0 Å². The Bertz CT molecular complexity index is 2840. The molecule has 0 amide bonds. The Kier molecular flexibility index (Phi) is 5.73. The third-order valence-corrected chi connectivity index (χ3v) is 11.3. The van der Waals surface area contributed by atoms with E-state index in [0.29, 0.717) is 0 Å². The van der Waals surface area contributed by atoms with Gasteiger partial charge in [-0.25, -0.2) is 4.98 Å². The van der Waals surface area contributed by atoms with E-state index in [1.165, 1.54) is 54.9 Å². The maximum atomic E-state index is 5.51. The van der Waals surface area contributed by atoms with Gasteiger partial charge in [-0.2, -0.15) is 0 Å². The lowest BCUT2D eigenvalue weighted by Crippen LogP contribution is -2.18. The third-order valence-electron chi connectivity index (χ3n) is 11.3. The fourth-order valence-electron chi connectivity index (χ4n) is 9.06. The van der Waals surface area contributed by atoms with E-state index in [1.54, 1.807) is 0 Å². The van der Waals surface area contributed by atoms with Crippen molar-refractivity contribution in [1.82, 2.24) is 9.55 Å². The Labute approximate surface area is 296 Å². The Morgan fingerprint density at radius 2 is 1.06 bits per heavy atom. The molecule has 0 radical (unpaired) electrons. The smallest absolute Gasteiger partial charge is 0.147 e. The van der Waals surface area contributed by atoms with Crippen LogP contribution in [0.4, 0.5) is 17.1 Å². The van der Waals surface area contributed by atoms with Crippen molar-refractivity contribution in [2.75, 3.05) is 4.90 Å². The van der Waals surface area contributed by atoms with E-state index in [9.17, 15) is 0 Å². The van der Waals surface area contributed by atoms with E-state index in [1.807, 2.05) is 0 Å². The molecule has 240 valence electrons. The number of anilines is 3. The lowest BCUT2D eigenvalue weighted by molar-refractivity contribution is 0.660. The van der Waals surface area contributed by atoms with E-state index >= 15 is 0 Å². The van der Waals surface area contributed by atoms with Crippen molar-refractivity contribution in [1.29, 1.82) is 0 Å². The molecule has 1 aliphatic carbocycles. The Morgan fingerprint density at radius 3 is 1.80 bits per heavy atom. The van der Waals surface area contributed by atoms with Gasteiger partial charge in [-0.1, -0.05) is 135 Å². The summed E-state index contributed by atoms with van der Waals surface area (Å²) in [7, 11) is 0. The minimum absolute atomic E-state index is 0.0785. The summed E-state index contributed by atoms with van der Waals surface area (Å²) in [6.07, 6.45) is 0. The topological polar surface area (TPSA) is 21.1 Å². The van der Waals surface area contributed by atoms with E-state index < -0.39 is 0 Å². The van der Waals surface area contributed by atoms with Gasteiger partial charge in [-0.05, 0) is 97.4 Å². The third kappa shape index (κ3) is 3.81. The fraction of sp³-hybridized carbons (Fsp3) is 0.0625. The Morgan fingerprint density at radius 1 is 0.471 bits per heavy atom. The van der Waals surface area contributed by atoms with Gasteiger partial charge in [0.2, 0.25) is 0 Å². The van der Waals surface area contributed by atoms with Crippen LogP contribution in [-0.2, 0) is 5.41 Å². The average Bonchev–Trinajstić information content (AvgIpc) is 3.67. The lowest BCUT2D eigenvalue weighted by atomic mass is 9.80. The van der Waals surface area contributed by atoms with Crippen molar-refractivity contribution in [3.8, 4) is 39.3 Å². The standard InChI is InChI=1S/C48H33N3/c1-48(2)38-22-11-10-17-32(38)33-28-27-30(29-39(33)48)44-34-18-6-8-20-36(34)45(37-21-9-7-19-35(37)44)47-49-40-23-14-26-43-46(40)51(47)42-25-13-12-24-41(42)50(43)31-15-4-3-5-16-31/h3-29H,1-2H3. The summed E-state index contributed by atoms with van der Waals surface area (Å²) in [5.41, 5.74) is 15.7. The highest BCUT2D eigenvalue weighted by Crippen LogP contribution is 2.53. The molecule has 0 fully saturated rings. The predicted octanol–water partition coefficient (Wildman–Crippen LogP) is 12.8. The van der Waals surface area contributed by atoms with Crippen LogP contribution in [0.5, 0.6) is 0 Å². The van der Waals surface area contributed by atoms with Crippen molar-refractivity contribution < 1.29 is 0 Å². The first-order valence-electron chi connectivity index (χ1n) is 17.7. The highest BCUT2D eigenvalue weighted by molar-refractivity contribution is 6.22. The summed E-state index contributed by atoms with van der Waals surface area (Å²) >= 11 is 0. The molecule has 0 spiro atoms. The number of aromatic nitrogens is 2. The molecule has 1 aliphatic heterocycles. The molecule has 3 nitrogen and oxygen atoms in total. The lowest BCUT2D eigenvalue weighted by Gasteiger charge is -2.33. The van der Waals surface area contributed by atoms with Crippen molar-refractivity contribution in [3.63, 3.8) is 0 Å². The second kappa shape index (κ2) is 10.3. The van der Waals surface area contributed by atoms with Gasteiger partial charge in [0, 0.05) is 16.7 Å². The molecule has 11 rings (SSSR count). The molecule has 9 aromatic rings. The first-order valence-corrected chi connectivity index (χ1v) is 17.7. The van der Waals surface area contributed by atoms with Crippen molar-refractivity contribution in [2.24, 2.45) is 0 Å². The van der Waals surface area contributed by atoms with Crippen LogP contribution in [0.3, 0.4) is 0 Å². The van der Waals surface area contributed by atoms with E-state index in [-0.39, 0.29) is 5.41 Å². The highest BCUT2D eigenvalue weighted by Gasteiger charge is 2.36. The minimum atomic E-state index is -0.0785. The van der Waals surface area contributed by atoms with Gasteiger partial charge in [0.05, 0.1) is 28.1 Å². The van der Waals surface area contributed by atoms with Crippen LogP contribution in [-0.4, -0.2) is 9.55 Å². The summed E-state index contributed by atoms with van der Waals surface area (Å²) in [6.45, 7) is 4.72. The van der Waals surface area contributed by atoms with Gasteiger partial charge >= 0.3 is 0 Å². The van der Waals surface area contributed by atoms with Crippen LogP contribution < -0.4 is 4.90 Å². The zero-order valence-corrected chi connectivity index (χ0v) is 28.4. The number of hydrogen-bond acceptors (Lipinski definition) is 2.